The SMILES string of the molecule is CC1=CN(C)C(C=NO)N=C1. The van der Waals surface area contributed by atoms with Crippen LogP contribution in [-0.2, 0) is 0 Å². The molecule has 4 heteroatoms. The summed E-state index contributed by atoms with van der Waals surface area (Å²) in [5.74, 6) is 0. The molecule has 0 amide bonds. The van der Waals surface area contributed by atoms with E-state index in [9.17, 15) is 0 Å². The van der Waals surface area contributed by atoms with E-state index >= 15 is 0 Å². The second kappa shape index (κ2) is 3.18. The van der Waals surface area contributed by atoms with E-state index in [1.54, 1.807) is 6.21 Å². The summed E-state index contributed by atoms with van der Waals surface area (Å²) >= 11 is 0. The zero-order valence-electron chi connectivity index (χ0n) is 6.60. The fourth-order valence-corrected chi connectivity index (χ4v) is 0.933. The van der Waals surface area contributed by atoms with Gasteiger partial charge in [0.25, 0.3) is 0 Å². The van der Waals surface area contributed by atoms with Crippen molar-refractivity contribution in [3.05, 3.63) is 11.8 Å². The lowest BCUT2D eigenvalue weighted by atomic mass is 10.3. The van der Waals surface area contributed by atoms with Gasteiger partial charge in [-0.15, -0.1) is 0 Å². The molecule has 0 aliphatic carbocycles. The van der Waals surface area contributed by atoms with E-state index in [0.29, 0.717) is 0 Å². The molecule has 1 aliphatic heterocycles. The molecule has 1 heterocycles. The summed E-state index contributed by atoms with van der Waals surface area (Å²) in [6.07, 6.45) is 4.91. The molecule has 0 bridgehead atoms. The molecule has 11 heavy (non-hydrogen) atoms. The molecule has 60 valence electrons. The Bertz CT molecular complexity index is 220. The van der Waals surface area contributed by atoms with Crippen molar-refractivity contribution in [1.82, 2.24) is 4.90 Å². The molecule has 0 radical (unpaired) electrons. The fourth-order valence-electron chi connectivity index (χ4n) is 0.933. The number of nitrogens with zero attached hydrogens (tertiary/aromatic N) is 3. The number of hydrogen-bond acceptors (Lipinski definition) is 4. The van der Waals surface area contributed by atoms with E-state index < -0.39 is 0 Å². The van der Waals surface area contributed by atoms with Gasteiger partial charge in [-0.05, 0) is 12.5 Å². The van der Waals surface area contributed by atoms with Gasteiger partial charge in [-0.2, -0.15) is 0 Å². The van der Waals surface area contributed by atoms with Crippen LogP contribution in [0.2, 0.25) is 0 Å². The van der Waals surface area contributed by atoms with Crippen LogP contribution in [0, 0.1) is 0 Å². The average molecular weight is 153 g/mol. The minimum Gasteiger partial charge on any atom is -0.411 e. The summed E-state index contributed by atoms with van der Waals surface area (Å²) in [6.45, 7) is 1.96. The van der Waals surface area contributed by atoms with Crippen LogP contribution >= 0.6 is 0 Å². The highest BCUT2D eigenvalue weighted by Gasteiger charge is 2.09. The molecule has 1 unspecified atom stereocenters. The van der Waals surface area contributed by atoms with E-state index in [1.807, 2.05) is 25.1 Å². The second-order valence-corrected chi connectivity index (χ2v) is 2.49. The Balaban J connectivity index is 2.69. The smallest absolute Gasteiger partial charge is 0.159 e. The largest absolute Gasteiger partial charge is 0.411 e. The molecule has 1 N–H and O–H groups in total. The first-order valence-corrected chi connectivity index (χ1v) is 3.35. The van der Waals surface area contributed by atoms with Gasteiger partial charge in [0.2, 0.25) is 0 Å². The van der Waals surface area contributed by atoms with Crippen LogP contribution in [-0.4, -0.2) is 35.7 Å². The lowest BCUT2D eigenvalue weighted by Gasteiger charge is -2.22. The third kappa shape index (κ3) is 1.80. The second-order valence-electron chi connectivity index (χ2n) is 2.49. The maximum Gasteiger partial charge on any atom is 0.159 e. The van der Waals surface area contributed by atoms with Gasteiger partial charge in [0.1, 0.15) is 0 Å². The maximum atomic E-state index is 8.25. The van der Waals surface area contributed by atoms with Gasteiger partial charge >= 0.3 is 0 Å². The number of aliphatic imine (C=N–C) groups is 1. The summed E-state index contributed by atoms with van der Waals surface area (Å²) in [7, 11) is 1.88. The van der Waals surface area contributed by atoms with E-state index in [-0.39, 0.29) is 6.17 Å². The lowest BCUT2D eigenvalue weighted by Crippen LogP contribution is -2.29. The third-order valence-corrected chi connectivity index (χ3v) is 1.46. The van der Waals surface area contributed by atoms with Crippen molar-refractivity contribution in [2.24, 2.45) is 10.1 Å². The molecule has 0 aromatic carbocycles. The average Bonchev–Trinajstić information content (AvgIpc) is 1.95. The highest BCUT2D eigenvalue weighted by molar-refractivity contribution is 5.81. The molecule has 0 saturated heterocycles. The van der Waals surface area contributed by atoms with Crippen molar-refractivity contribution in [2.75, 3.05) is 7.05 Å². The van der Waals surface area contributed by atoms with Crippen molar-refractivity contribution in [1.29, 1.82) is 0 Å². The van der Waals surface area contributed by atoms with Crippen LogP contribution in [0.15, 0.2) is 21.9 Å². The van der Waals surface area contributed by atoms with Gasteiger partial charge in [0.15, 0.2) is 6.17 Å². The van der Waals surface area contributed by atoms with Gasteiger partial charge in [-0.1, -0.05) is 5.16 Å². The molecule has 1 aliphatic rings. The van der Waals surface area contributed by atoms with Crippen molar-refractivity contribution in [2.45, 2.75) is 13.1 Å². The molecule has 1 atom stereocenters. The Morgan fingerprint density at radius 2 is 2.55 bits per heavy atom. The lowest BCUT2D eigenvalue weighted by molar-refractivity contribution is 0.312. The van der Waals surface area contributed by atoms with Crippen molar-refractivity contribution >= 4 is 12.4 Å². The van der Waals surface area contributed by atoms with Gasteiger partial charge < -0.3 is 10.1 Å². The van der Waals surface area contributed by atoms with E-state index in [0.717, 1.165) is 5.57 Å². The number of oxime groups is 1. The van der Waals surface area contributed by atoms with Gasteiger partial charge in [-0.25, -0.2) is 0 Å². The van der Waals surface area contributed by atoms with Crippen LogP contribution in [0.3, 0.4) is 0 Å². The highest BCUT2D eigenvalue weighted by atomic mass is 16.4. The Morgan fingerprint density at radius 1 is 1.82 bits per heavy atom. The summed E-state index contributed by atoms with van der Waals surface area (Å²) in [5.41, 5.74) is 1.09. The predicted molar refractivity (Wildman–Crippen MR) is 44.1 cm³/mol. The summed E-state index contributed by atoms with van der Waals surface area (Å²) in [6, 6.07) is 0. The Kier molecular flexibility index (Phi) is 2.25. The molecular formula is C7H11N3O. The predicted octanol–water partition coefficient (Wildman–Crippen LogP) is 0.693. The van der Waals surface area contributed by atoms with Crippen LogP contribution in [0.5, 0.6) is 0 Å². The first kappa shape index (κ1) is 7.78. The minimum atomic E-state index is -0.163. The van der Waals surface area contributed by atoms with Crippen molar-refractivity contribution in [3.63, 3.8) is 0 Å². The topological polar surface area (TPSA) is 48.2 Å². The van der Waals surface area contributed by atoms with Crippen LogP contribution in [0.25, 0.3) is 0 Å². The fraction of sp³-hybridized carbons (Fsp3) is 0.429. The van der Waals surface area contributed by atoms with E-state index in [1.165, 1.54) is 6.21 Å². The number of hydrogen-bond donors (Lipinski definition) is 1. The standard InChI is InChI=1S/C7H11N3O/c1-6-3-8-7(4-9-11)10(2)5-6/h3-5,7,11H,1-2H3. The van der Waals surface area contributed by atoms with Gasteiger partial charge in [0.05, 0.1) is 6.21 Å². The maximum absolute atomic E-state index is 8.25. The van der Waals surface area contributed by atoms with Gasteiger partial charge in [-0.3, -0.25) is 4.99 Å². The molecule has 0 aromatic rings. The van der Waals surface area contributed by atoms with Crippen LogP contribution < -0.4 is 0 Å². The van der Waals surface area contributed by atoms with Gasteiger partial charge in [0, 0.05) is 19.5 Å². The first-order valence-electron chi connectivity index (χ1n) is 3.35. The molecule has 0 fully saturated rings. The molecule has 0 spiro atoms. The molecule has 4 nitrogen and oxygen atoms in total. The Morgan fingerprint density at radius 3 is 3.09 bits per heavy atom. The normalized spacial score (nSPS) is 24.4. The zero-order valence-corrected chi connectivity index (χ0v) is 6.60. The zero-order chi connectivity index (χ0) is 8.27. The third-order valence-electron chi connectivity index (χ3n) is 1.46. The molecule has 0 aromatic heterocycles. The first-order chi connectivity index (χ1) is 5.24. The quantitative estimate of drug-likeness (QED) is 0.342. The molecule has 1 rings (SSSR count). The summed E-state index contributed by atoms with van der Waals surface area (Å²) in [4.78, 5) is 5.97. The van der Waals surface area contributed by atoms with Crippen molar-refractivity contribution in [3.8, 4) is 0 Å². The summed E-state index contributed by atoms with van der Waals surface area (Å²) < 4.78 is 0. The van der Waals surface area contributed by atoms with Crippen LogP contribution in [0.4, 0.5) is 0 Å². The van der Waals surface area contributed by atoms with Crippen LogP contribution in [0.1, 0.15) is 6.92 Å². The van der Waals surface area contributed by atoms with E-state index in [2.05, 4.69) is 10.1 Å². The number of rotatable bonds is 1. The number of allylic oxidation sites excluding steroid dienone is 1. The summed E-state index contributed by atoms with van der Waals surface area (Å²) in [5, 5.41) is 11.2. The highest BCUT2D eigenvalue weighted by Crippen LogP contribution is 2.05. The minimum absolute atomic E-state index is 0.163. The Labute approximate surface area is 65.5 Å². The Hall–Kier alpha value is -1.32. The molecular weight excluding hydrogens is 142 g/mol. The molecule has 0 saturated carbocycles. The van der Waals surface area contributed by atoms with Crippen molar-refractivity contribution < 1.29 is 5.21 Å². The van der Waals surface area contributed by atoms with E-state index in [4.69, 9.17) is 5.21 Å². The monoisotopic (exact) mass is 153 g/mol.